The van der Waals surface area contributed by atoms with Crippen molar-refractivity contribution in [1.82, 2.24) is 0 Å². The normalized spacial score (nSPS) is 41.5. The van der Waals surface area contributed by atoms with Crippen molar-refractivity contribution < 1.29 is 4.21 Å². The highest BCUT2D eigenvalue weighted by Crippen LogP contribution is 2.74. The van der Waals surface area contributed by atoms with Gasteiger partial charge in [-0.25, -0.2) is 0 Å². The lowest BCUT2D eigenvalue weighted by Crippen LogP contribution is -2.45. The Hall–Kier alpha value is -1.29. The number of azo groups is 1. The zero-order valence-corrected chi connectivity index (χ0v) is 14.8. The second-order valence-corrected chi connectivity index (χ2v) is 9.00. The van der Waals surface area contributed by atoms with Crippen LogP contribution in [0.25, 0.3) is 0 Å². The summed E-state index contributed by atoms with van der Waals surface area (Å²) >= 11 is 0. The van der Waals surface area contributed by atoms with Crippen molar-refractivity contribution in [3.63, 3.8) is 0 Å². The molecule has 0 saturated heterocycles. The van der Waals surface area contributed by atoms with Crippen molar-refractivity contribution in [2.75, 3.05) is 6.26 Å². The minimum Gasteiger partial charge on any atom is -0.255 e. The zero-order valence-electron chi connectivity index (χ0n) is 14.0. The summed E-state index contributed by atoms with van der Waals surface area (Å²) in [6.07, 6.45) is 7.50. The van der Waals surface area contributed by atoms with E-state index < -0.39 is 10.8 Å². The number of nitrogens with zero attached hydrogens (tertiary/aromatic N) is 2. The molecule has 2 aliphatic carbocycles. The van der Waals surface area contributed by atoms with E-state index in [1.165, 1.54) is 24.8 Å². The third kappa shape index (κ3) is 1.68. The molecular weight excluding hydrogens is 304 g/mol. The molecule has 1 unspecified atom stereocenters. The van der Waals surface area contributed by atoms with Crippen molar-refractivity contribution >= 4 is 10.8 Å². The highest BCUT2D eigenvalue weighted by atomic mass is 32.2. The fraction of sp³-hybridized carbons (Fsp3) is 0.579. The van der Waals surface area contributed by atoms with E-state index in [-0.39, 0.29) is 16.5 Å². The van der Waals surface area contributed by atoms with Gasteiger partial charge in [0.1, 0.15) is 11.1 Å². The SMILES string of the molecule is CS(=O)/C=C/[C@]12N=N[C@](c3ccccc3)([C@@H]3CCC[C@@H]31)C2(C)C. The summed E-state index contributed by atoms with van der Waals surface area (Å²) in [5, 5.41) is 11.6. The van der Waals surface area contributed by atoms with E-state index in [2.05, 4.69) is 50.3 Å². The van der Waals surface area contributed by atoms with Crippen molar-refractivity contribution in [1.29, 1.82) is 0 Å². The van der Waals surface area contributed by atoms with Gasteiger partial charge in [-0.1, -0.05) is 50.6 Å². The minimum absolute atomic E-state index is 0.104. The molecule has 122 valence electrons. The summed E-state index contributed by atoms with van der Waals surface area (Å²) in [4.78, 5) is 0. The molecular formula is C19H24N2OS. The lowest BCUT2D eigenvalue weighted by atomic mass is 9.63. The fourth-order valence-electron chi connectivity index (χ4n) is 5.67. The van der Waals surface area contributed by atoms with Crippen LogP contribution in [0.5, 0.6) is 0 Å². The van der Waals surface area contributed by atoms with Crippen molar-refractivity contribution in [2.24, 2.45) is 27.5 Å². The Balaban J connectivity index is 1.93. The van der Waals surface area contributed by atoms with Gasteiger partial charge in [-0.2, -0.15) is 10.2 Å². The topological polar surface area (TPSA) is 41.8 Å². The van der Waals surface area contributed by atoms with E-state index in [0.717, 1.165) is 0 Å². The van der Waals surface area contributed by atoms with Crippen LogP contribution in [0.15, 0.2) is 52.0 Å². The zero-order chi connectivity index (χ0) is 16.3. The van der Waals surface area contributed by atoms with Crippen LogP contribution in [0.4, 0.5) is 0 Å². The largest absolute Gasteiger partial charge is 0.255 e. The molecule has 3 aliphatic rings. The smallest absolute Gasteiger partial charge is 0.117 e. The quantitative estimate of drug-likeness (QED) is 0.809. The second kappa shape index (κ2) is 4.85. The molecule has 1 aliphatic heterocycles. The Bertz CT molecular complexity index is 711. The Morgan fingerprint density at radius 2 is 1.83 bits per heavy atom. The summed E-state index contributed by atoms with van der Waals surface area (Å²) < 4.78 is 11.7. The van der Waals surface area contributed by atoms with E-state index in [0.29, 0.717) is 11.8 Å². The third-order valence-electron chi connectivity index (χ3n) is 6.67. The first-order chi connectivity index (χ1) is 11.0. The third-order valence-corrected chi connectivity index (χ3v) is 7.19. The summed E-state index contributed by atoms with van der Waals surface area (Å²) in [5.74, 6) is 1.04. The van der Waals surface area contributed by atoms with Crippen molar-refractivity contribution in [3.8, 4) is 0 Å². The molecule has 23 heavy (non-hydrogen) atoms. The lowest BCUT2D eigenvalue weighted by molar-refractivity contribution is 0.164. The molecule has 0 spiro atoms. The number of rotatable bonds is 3. The number of fused-ring (bicyclic) bond motifs is 5. The monoisotopic (exact) mass is 328 g/mol. The lowest BCUT2D eigenvalue weighted by Gasteiger charge is -2.40. The minimum atomic E-state index is -0.952. The average Bonchev–Trinajstić information content (AvgIpc) is 3.14. The van der Waals surface area contributed by atoms with Gasteiger partial charge in [0.2, 0.25) is 0 Å². The maximum absolute atomic E-state index is 11.7. The summed E-state index contributed by atoms with van der Waals surface area (Å²) in [6, 6.07) is 10.7. The van der Waals surface area contributed by atoms with Crippen LogP contribution < -0.4 is 0 Å². The molecule has 1 heterocycles. The molecule has 3 nitrogen and oxygen atoms in total. The van der Waals surface area contributed by atoms with E-state index in [1.807, 2.05) is 5.41 Å². The molecule has 4 rings (SSSR count). The van der Waals surface area contributed by atoms with Crippen molar-refractivity contribution in [2.45, 2.75) is 44.2 Å². The molecule has 0 amide bonds. The van der Waals surface area contributed by atoms with Gasteiger partial charge < -0.3 is 0 Å². The molecule has 2 saturated carbocycles. The predicted molar refractivity (Wildman–Crippen MR) is 93.5 cm³/mol. The fourth-order valence-corrected chi connectivity index (χ4v) is 6.07. The van der Waals surface area contributed by atoms with E-state index in [4.69, 9.17) is 10.2 Å². The average molecular weight is 328 g/mol. The Morgan fingerprint density at radius 1 is 1.13 bits per heavy atom. The second-order valence-electron chi connectivity index (χ2n) is 7.73. The van der Waals surface area contributed by atoms with Gasteiger partial charge in [0.05, 0.1) is 0 Å². The van der Waals surface area contributed by atoms with Gasteiger partial charge in [0, 0.05) is 27.9 Å². The van der Waals surface area contributed by atoms with Crippen LogP contribution in [0.3, 0.4) is 0 Å². The molecule has 5 atom stereocenters. The highest BCUT2D eigenvalue weighted by Gasteiger charge is 2.76. The first-order valence-corrected chi connectivity index (χ1v) is 10.1. The van der Waals surface area contributed by atoms with Gasteiger partial charge in [-0.15, -0.1) is 0 Å². The highest BCUT2D eigenvalue weighted by molar-refractivity contribution is 7.87. The molecule has 1 aromatic rings. The van der Waals surface area contributed by atoms with E-state index >= 15 is 0 Å². The van der Waals surface area contributed by atoms with E-state index in [1.54, 1.807) is 6.26 Å². The van der Waals surface area contributed by atoms with Gasteiger partial charge in [0.15, 0.2) is 0 Å². The molecule has 0 radical (unpaired) electrons. The Morgan fingerprint density at radius 3 is 2.52 bits per heavy atom. The van der Waals surface area contributed by atoms with Crippen molar-refractivity contribution in [3.05, 3.63) is 47.4 Å². The van der Waals surface area contributed by atoms with Crippen LogP contribution >= 0.6 is 0 Å². The molecule has 4 heteroatoms. The predicted octanol–water partition coefficient (Wildman–Crippen LogP) is 4.43. The first-order valence-electron chi connectivity index (χ1n) is 8.47. The maximum atomic E-state index is 11.7. The van der Waals surface area contributed by atoms with Crippen LogP contribution in [-0.4, -0.2) is 16.0 Å². The Kier molecular flexibility index (Phi) is 3.22. The van der Waals surface area contributed by atoms with Crippen LogP contribution in [0.2, 0.25) is 0 Å². The summed E-state index contributed by atoms with van der Waals surface area (Å²) in [6.45, 7) is 4.61. The number of benzene rings is 1. The van der Waals surface area contributed by atoms with E-state index in [9.17, 15) is 4.21 Å². The maximum Gasteiger partial charge on any atom is 0.117 e. The number of hydrogen-bond acceptors (Lipinski definition) is 3. The summed E-state index contributed by atoms with van der Waals surface area (Å²) in [7, 11) is -0.952. The number of hydrogen-bond donors (Lipinski definition) is 0. The molecule has 0 aromatic heterocycles. The van der Waals surface area contributed by atoms with Crippen LogP contribution in [0.1, 0.15) is 38.7 Å². The first kappa shape index (κ1) is 15.3. The van der Waals surface area contributed by atoms with Gasteiger partial charge in [-0.3, -0.25) is 4.21 Å². The molecule has 0 N–H and O–H groups in total. The van der Waals surface area contributed by atoms with Gasteiger partial charge in [-0.05, 0) is 36.3 Å². The van der Waals surface area contributed by atoms with Crippen LogP contribution in [0, 0.1) is 17.3 Å². The molecule has 2 bridgehead atoms. The van der Waals surface area contributed by atoms with Gasteiger partial charge in [0.25, 0.3) is 0 Å². The molecule has 1 aromatic carbocycles. The standard InChI is InChI=1S/C19H24N2OS/c1-17(2)18(12-13-23(3)22)15-10-7-11-16(15)19(17,21-20-18)14-8-5-4-6-9-14/h4-6,8-9,12-13,15-16H,7,10-11H2,1-3H3/b13-12+/t15-,16+,18-,19+,23?/m0/s1. The summed E-state index contributed by atoms with van der Waals surface area (Å²) in [5.41, 5.74) is 0.633. The molecule has 2 fully saturated rings. The Labute approximate surface area is 140 Å². The van der Waals surface area contributed by atoms with Gasteiger partial charge >= 0.3 is 0 Å². The van der Waals surface area contributed by atoms with Crippen LogP contribution in [-0.2, 0) is 16.3 Å².